The molecule has 0 aromatic carbocycles. The van der Waals surface area contributed by atoms with E-state index < -0.39 is 0 Å². The minimum Gasteiger partial charge on any atom is -0.368 e. The molecule has 0 saturated carbocycles. The fourth-order valence-electron chi connectivity index (χ4n) is 4.70. The predicted octanol–water partition coefficient (Wildman–Crippen LogP) is 3.55. The first-order chi connectivity index (χ1) is 18.6. The highest BCUT2D eigenvalue weighted by Gasteiger charge is 2.22. The number of piperazine rings is 1. The lowest BCUT2D eigenvalue weighted by Gasteiger charge is -2.33. The average Bonchev–Trinajstić information content (AvgIpc) is 3.58. The molecular formula is C28H36N10O. The third-order valence-electron chi connectivity index (χ3n) is 6.96. The molecular weight excluding hydrogens is 492 g/mol. The second kappa shape index (κ2) is 10.6. The molecule has 0 atom stereocenters. The number of anilines is 2. The Hall–Kier alpha value is -4.12. The number of amides is 1. The molecule has 5 heterocycles. The topological polar surface area (TPSA) is 110 Å². The number of carbonyl (C=O) groups is 1. The smallest absolute Gasteiger partial charge is 0.276 e. The molecule has 1 aliphatic rings. The van der Waals surface area contributed by atoms with Crippen molar-refractivity contribution in [2.24, 2.45) is 0 Å². The van der Waals surface area contributed by atoms with Gasteiger partial charge in [0.25, 0.3) is 5.91 Å². The van der Waals surface area contributed by atoms with E-state index in [0.717, 1.165) is 60.9 Å². The molecule has 1 saturated heterocycles. The number of hydrogen-bond donors (Lipinski definition) is 1. The van der Waals surface area contributed by atoms with Crippen LogP contribution >= 0.6 is 0 Å². The van der Waals surface area contributed by atoms with Crippen LogP contribution in [0.4, 0.5) is 11.4 Å². The number of rotatable bonds is 6. The van der Waals surface area contributed by atoms with Crippen molar-refractivity contribution in [2.45, 2.75) is 46.6 Å². The first-order valence-electron chi connectivity index (χ1n) is 13.3. The van der Waals surface area contributed by atoms with E-state index in [-0.39, 0.29) is 11.4 Å². The molecule has 0 spiro atoms. The Labute approximate surface area is 228 Å². The Kier molecular flexibility index (Phi) is 7.17. The second-order valence-electron chi connectivity index (χ2n) is 11.0. The highest BCUT2D eigenvalue weighted by Crippen LogP contribution is 2.25. The Balaban J connectivity index is 1.36. The van der Waals surface area contributed by atoms with Crippen LogP contribution in [-0.2, 0) is 12.0 Å². The zero-order chi connectivity index (χ0) is 27.7. The Morgan fingerprint density at radius 3 is 2.51 bits per heavy atom. The zero-order valence-corrected chi connectivity index (χ0v) is 23.5. The second-order valence-corrected chi connectivity index (χ2v) is 11.0. The third-order valence-corrected chi connectivity index (χ3v) is 6.96. The Morgan fingerprint density at radius 2 is 1.82 bits per heavy atom. The summed E-state index contributed by atoms with van der Waals surface area (Å²) in [6, 6.07) is 5.80. The molecule has 5 rings (SSSR count). The number of nitrogens with one attached hydrogen (secondary N) is 1. The molecule has 1 aliphatic heterocycles. The maximum Gasteiger partial charge on any atom is 0.276 e. The van der Waals surface area contributed by atoms with Gasteiger partial charge in [0.1, 0.15) is 5.69 Å². The number of pyridine rings is 2. The first-order valence-corrected chi connectivity index (χ1v) is 13.3. The third kappa shape index (κ3) is 5.68. The molecule has 11 heteroatoms. The van der Waals surface area contributed by atoms with Gasteiger partial charge in [-0.2, -0.15) is 5.10 Å². The molecule has 0 unspecified atom stereocenters. The van der Waals surface area contributed by atoms with Crippen molar-refractivity contribution >= 4 is 17.3 Å². The van der Waals surface area contributed by atoms with Crippen LogP contribution in [0.25, 0.3) is 16.9 Å². The minimum absolute atomic E-state index is 0.215. The molecule has 1 amide bonds. The van der Waals surface area contributed by atoms with Gasteiger partial charge in [0.2, 0.25) is 0 Å². The number of hydrogen-bond acceptors (Lipinski definition) is 8. The van der Waals surface area contributed by atoms with Gasteiger partial charge in [-0.3, -0.25) is 19.4 Å². The maximum atomic E-state index is 13.1. The number of aryl methyl sites for hydroxylation is 2. The van der Waals surface area contributed by atoms with Crippen LogP contribution in [0.1, 0.15) is 49.6 Å². The number of likely N-dealkylation sites (N-methyl/N-ethyl adjacent to an activating group) is 1. The van der Waals surface area contributed by atoms with Crippen LogP contribution in [0.3, 0.4) is 0 Å². The van der Waals surface area contributed by atoms with Gasteiger partial charge >= 0.3 is 0 Å². The summed E-state index contributed by atoms with van der Waals surface area (Å²) in [7, 11) is 2.14. The maximum absolute atomic E-state index is 13.1. The van der Waals surface area contributed by atoms with Gasteiger partial charge in [0.05, 0.1) is 46.9 Å². The highest BCUT2D eigenvalue weighted by molar-refractivity contribution is 6.03. The summed E-state index contributed by atoms with van der Waals surface area (Å²) in [5, 5.41) is 16.3. The SMILES string of the molecule is CCc1cc(C(=O)Nc2cnc(C)c(-n3cc(-c4cncc(N5CCN(C)CC5)c4)nn3)c2)nn1C(C)(C)C. The predicted molar refractivity (Wildman–Crippen MR) is 151 cm³/mol. The van der Waals surface area contributed by atoms with E-state index in [9.17, 15) is 4.79 Å². The zero-order valence-electron chi connectivity index (χ0n) is 23.5. The van der Waals surface area contributed by atoms with Crippen LogP contribution in [0.2, 0.25) is 0 Å². The van der Waals surface area contributed by atoms with Gasteiger partial charge < -0.3 is 15.1 Å². The molecule has 0 aliphatic carbocycles. The fraction of sp³-hybridized carbons (Fsp3) is 0.429. The lowest BCUT2D eigenvalue weighted by Crippen LogP contribution is -2.44. The summed E-state index contributed by atoms with van der Waals surface area (Å²) in [4.78, 5) is 26.7. The minimum atomic E-state index is -0.282. The Bertz CT molecular complexity index is 1470. The summed E-state index contributed by atoms with van der Waals surface area (Å²) < 4.78 is 3.59. The standard InChI is InChI=1S/C28H36N10O/c1-7-22-14-24(33-38(22)28(3,4)5)27(39)31-21-13-26(19(2)30-16-21)37-18-25(32-34-37)20-12-23(17-29-15-20)36-10-8-35(6)9-11-36/h12-18H,7-11H2,1-6H3,(H,31,39). The van der Waals surface area contributed by atoms with E-state index in [4.69, 9.17) is 0 Å². The molecule has 39 heavy (non-hydrogen) atoms. The molecule has 1 fully saturated rings. The van der Waals surface area contributed by atoms with Crippen molar-refractivity contribution < 1.29 is 4.79 Å². The van der Waals surface area contributed by atoms with Gasteiger partial charge in [-0.15, -0.1) is 5.10 Å². The van der Waals surface area contributed by atoms with E-state index in [1.54, 1.807) is 17.1 Å². The molecule has 4 aromatic heterocycles. The number of aromatic nitrogens is 7. The van der Waals surface area contributed by atoms with E-state index in [0.29, 0.717) is 17.1 Å². The molecule has 1 N–H and O–H groups in total. The lowest BCUT2D eigenvalue weighted by atomic mass is 10.1. The molecule has 204 valence electrons. The molecule has 0 bridgehead atoms. The quantitative estimate of drug-likeness (QED) is 0.405. The van der Waals surface area contributed by atoms with Gasteiger partial charge in [-0.1, -0.05) is 12.1 Å². The van der Waals surface area contributed by atoms with Crippen molar-refractivity contribution in [3.05, 3.63) is 60.1 Å². The monoisotopic (exact) mass is 528 g/mol. The van der Waals surface area contributed by atoms with Gasteiger partial charge in [-0.05, 0) is 59.4 Å². The van der Waals surface area contributed by atoms with E-state index >= 15 is 0 Å². The number of nitrogens with zero attached hydrogens (tertiary/aromatic N) is 9. The fourth-order valence-corrected chi connectivity index (χ4v) is 4.70. The van der Waals surface area contributed by atoms with Crippen LogP contribution in [0.15, 0.2) is 43.0 Å². The summed E-state index contributed by atoms with van der Waals surface area (Å²) >= 11 is 0. The van der Waals surface area contributed by atoms with E-state index in [2.05, 4.69) is 81.3 Å². The molecule has 0 radical (unpaired) electrons. The molecule has 4 aromatic rings. The first kappa shape index (κ1) is 26.5. The van der Waals surface area contributed by atoms with Crippen LogP contribution in [0, 0.1) is 6.92 Å². The van der Waals surface area contributed by atoms with Crippen LogP contribution in [-0.4, -0.2) is 78.8 Å². The normalized spacial score (nSPS) is 14.6. The summed E-state index contributed by atoms with van der Waals surface area (Å²) in [5.74, 6) is -0.282. The Morgan fingerprint density at radius 1 is 1.05 bits per heavy atom. The largest absolute Gasteiger partial charge is 0.368 e. The number of carbonyl (C=O) groups excluding carboxylic acids is 1. The summed E-state index contributed by atoms with van der Waals surface area (Å²) in [5.41, 5.74) is 5.91. The van der Waals surface area contributed by atoms with Gasteiger partial charge in [0, 0.05) is 43.6 Å². The summed E-state index contributed by atoms with van der Waals surface area (Å²) in [6.45, 7) is 14.2. The van der Waals surface area contributed by atoms with Crippen molar-refractivity contribution in [3.63, 3.8) is 0 Å². The highest BCUT2D eigenvalue weighted by atomic mass is 16.2. The van der Waals surface area contributed by atoms with Crippen molar-refractivity contribution in [1.82, 2.24) is 39.6 Å². The lowest BCUT2D eigenvalue weighted by molar-refractivity contribution is 0.102. The molecule has 11 nitrogen and oxygen atoms in total. The van der Waals surface area contributed by atoms with Crippen molar-refractivity contribution in [1.29, 1.82) is 0 Å². The average molecular weight is 529 g/mol. The van der Waals surface area contributed by atoms with E-state index in [1.165, 1.54) is 0 Å². The van der Waals surface area contributed by atoms with Gasteiger partial charge in [-0.25, -0.2) is 4.68 Å². The van der Waals surface area contributed by atoms with Crippen molar-refractivity contribution in [3.8, 4) is 16.9 Å². The van der Waals surface area contributed by atoms with Crippen molar-refractivity contribution in [2.75, 3.05) is 43.4 Å². The van der Waals surface area contributed by atoms with Gasteiger partial charge in [0.15, 0.2) is 5.69 Å². The van der Waals surface area contributed by atoms with E-state index in [1.807, 2.05) is 36.1 Å². The summed E-state index contributed by atoms with van der Waals surface area (Å²) in [6.07, 6.45) is 7.99. The van der Waals surface area contributed by atoms with Crippen LogP contribution < -0.4 is 10.2 Å². The van der Waals surface area contributed by atoms with Crippen LogP contribution in [0.5, 0.6) is 0 Å².